The van der Waals surface area contributed by atoms with Crippen molar-refractivity contribution in [1.29, 1.82) is 0 Å². The number of esters is 1. The van der Waals surface area contributed by atoms with E-state index in [0.717, 1.165) is 56.9 Å². The highest BCUT2D eigenvalue weighted by Gasteiger charge is 2.21. The maximum atomic E-state index is 13.1. The third kappa shape index (κ3) is 6.02. The number of rotatable bonds is 7. The zero-order valence-electron chi connectivity index (χ0n) is 24.0. The quantitative estimate of drug-likeness (QED) is 0.213. The minimum atomic E-state index is -0.986. The highest BCUT2D eigenvalue weighted by molar-refractivity contribution is 5.99. The molecule has 0 radical (unpaired) electrons. The second-order valence-corrected chi connectivity index (χ2v) is 10.4. The lowest BCUT2D eigenvalue weighted by Crippen LogP contribution is -2.30. The Morgan fingerprint density at radius 2 is 1.37 bits per heavy atom. The average molecular weight is 544 g/mol. The summed E-state index contributed by atoms with van der Waals surface area (Å²) in [6, 6.07) is 27.3. The van der Waals surface area contributed by atoms with Gasteiger partial charge in [0.1, 0.15) is 0 Å². The molecule has 1 atom stereocenters. The van der Waals surface area contributed by atoms with Crippen LogP contribution in [0.25, 0.3) is 33.5 Å². The number of carbonyl (C=O) groups excluding carboxylic acids is 2. The van der Waals surface area contributed by atoms with Gasteiger partial charge in [0.05, 0.1) is 28.0 Å². The summed E-state index contributed by atoms with van der Waals surface area (Å²) in [5, 5.41) is 2.93. The second kappa shape index (κ2) is 11.7. The lowest BCUT2D eigenvalue weighted by atomic mass is 10.0. The largest absolute Gasteiger partial charge is 0.449 e. The molecule has 0 saturated carbocycles. The van der Waals surface area contributed by atoms with Crippen LogP contribution < -0.4 is 5.32 Å². The minimum absolute atomic E-state index is 0.300. The van der Waals surface area contributed by atoms with Crippen LogP contribution in [0.4, 0.5) is 5.69 Å². The molecule has 4 aromatic carbocycles. The number of anilines is 1. The van der Waals surface area contributed by atoms with Crippen LogP contribution in [0.15, 0.2) is 84.9 Å². The van der Waals surface area contributed by atoms with Gasteiger partial charge < -0.3 is 10.1 Å². The van der Waals surface area contributed by atoms with Gasteiger partial charge in [-0.25, -0.2) is 14.8 Å². The van der Waals surface area contributed by atoms with E-state index in [4.69, 9.17) is 14.7 Å². The number of hydrogen-bond donors (Lipinski definition) is 1. The highest BCUT2D eigenvalue weighted by Crippen LogP contribution is 2.32. The van der Waals surface area contributed by atoms with Crippen LogP contribution in [-0.2, 0) is 16.0 Å². The Morgan fingerprint density at radius 3 is 1.95 bits per heavy atom. The number of aryl methyl sites for hydroxylation is 4. The summed E-state index contributed by atoms with van der Waals surface area (Å²) in [5.41, 5.74) is 9.97. The minimum Gasteiger partial charge on any atom is -0.449 e. The van der Waals surface area contributed by atoms with Gasteiger partial charge in [0.2, 0.25) is 0 Å². The third-order valence-electron chi connectivity index (χ3n) is 7.19. The van der Waals surface area contributed by atoms with Gasteiger partial charge in [-0.1, -0.05) is 84.8 Å². The number of ether oxygens (including phenoxy) is 1. The summed E-state index contributed by atoms with van der Waals surface area (Å²) in [6.07, 6.45) is -0.208. The van der Waals surface area contributed by atoms with Crippen molar-refractivity contribution in [2.45, 2.75) is 47.1 Å². The van der Waals surface area contributed by atoms with Crippen LogP contribution in [0.3, 0.4) is 0 Å². The number of benzene rings is 4. The number of carbonyl (C=O) groups is 2. The molecule has 1 unspecified atom stereocenters. The number of nitrogens with zero attached hydrogens (tertiary/aromatic N) is 2. The van der Waals surface area contributed by atoms with Crippen molar-refractivity contribution < 1.29 is 14.3 Å². The molecule has 0 saturated heterocycles. The molecule has 0 bridgehead atoms. The van der Waals surface area contributed by atoms with Crippen LogP contribution in [0.1, 0.15) is 46.5 Å². The van der Waals surface area contributed by atoms with Crippen molar-refractivity contribution in [3.8, 4) is 22.5 Å². The van der Waals surface area contributed by atoms with Gasteiger partial charge in [-0.3, -0.25) is 4.79 Å². The molecule has 5 aromatic rings. The van der Waals surface area contributed by atoms with Crippen molar-refractivity contribution in [2.24, 2.45) is 0 Å². The van der Waals surface area contributed by atoms with Crippen LogP contribution in [0.2, 0.25) is 0 Å². The lowest BCUT2D eigenvalue weighted by molar-refractivity contribution is -0.123. The van der Waals surface area contributed by atoms with E-state index >= 15 is 0 Å². The normalized spacial score (nSPS) is 11.7. The second-order valence-electron chi connectivity index (χ2n) is 10.4. The summed E-state index contributed by atoms with van der Waals surface area (Å²) >= 11 is 0. The molecule has 1 aromatic heterocycles. The number of nitrogens with one attached hydrogen (secondary N) is 1. The molecule has 1 heterocycles. The predicted molar refractivity (Wildman–Crippen MR) is 164 cm³/mol. The number of hydrogen-bond acceptors (Lipinski definition) is 5. The van der Waals surface area contributed by atoms with Gasteiger partial charge >= 0.3 is 5.97 Å². The van der Waals surface area contributed by atoms with E-state index in [2.05, 4.69) is 17.4 Å². The van der Waals surface area contributed by atoms with E-state index < -0.39 is 12.1 Å². The zero-order valence-corrected chi connectivity index (χ0v) is 24.0. The first kappa shape index (κ1) is 27.7. The molecule has 0 aliphatic carbocycles. The Kier molecular flexibility index (Phi) is 7.92. The van der Waals surface area contributed by atoms with E-state index in [-0.39, 0.29) is 5.91 Å². The highest BCUT2D eigenvalue weighted by atomic mass is 16.5. The van der Waals surface area contributed by atoms with Gasteiger partial charge in [0.25, 0.3) is 5.91 Å². The first-order valence-electron chi connectivity index (χ1n) is 13.8. The summed E-state index contributed by atoms with van der Waals surface area (Å²) < 4.78 is 5.57. The third-order valence-corrected chi connectivity index (χ3v) is 7.19. The fourth-order valence-electron chi connectivity index (χ4n) is 4.72. The number of fused-ring (bicyclic) bond motifs is 1. The Morgan fingerprint density at radius 1 is 0.780 bits per heavy atom. The SMILES string of the molecule is CCc1cccc(C)c1NC(=O)C(C)OC(=O)c1ccc2nc(-c3ccc(C)cc3)c(-c3ccc(C)cc3)nc2c1. The molecule has 0 aliphatic rings. The van der Waals surface area contributed by atoms with E-state index in [0.29, 0.717) is 16.6 Å². The fourth-order valence-corrected chi connectivity index (χ4v) is 4.72. The lowest BCUT2D eigenvalue weighted by Gasteiger charge is -2.17. The molecule has 6 heteroatoms. The summed E-state index contributed by atoms with van der Waals surface area (Å²) in [6.45, 7) is 9.63. The monoisotopic (exact) mass is 543 g/mol. The molecule has 0 aliphatic heterocycles. The molecule has 1 amide bonds. The van der Waals surface area contributed by atoms with Gasteiger partial charge in [0.15, 0.2) is 6.10 Å². The van der Waals surface area contributed by atoms with Crippen molar-refractivity contribution >= 4 is 28.6 Å². The Bertz CT molecular complexity index is 1740. The molecule has 0 fully saturated rings. The number of para-hydroxylation sites is 1. The fraction of sp³-hybridized carbons (Fsp3) is 0.200. The van der Waals surface area contributed by atoms with Gasteiger partial charge in [0, 0.05) is 16.8 Å². The van der Waals surface area contributed by atoms with E-state index in [1.54, 1.807) is 25.1 Å². The first-order chi connectivity index (χ1) is 19.7. The van der Waals surface area contributed by atoms with Crippen molar-refractivity contribution in [2.75, 3.05) is 5.32 Å². The van der Waals surface area contributed by atoms with E-state index in [1.807, 2.05) is 82.3 Å². The van der Waals surface area contributed by atoms with Gasteiger partial charge in [-0.05, 0) is 63.4 Å². The molecular formula is C35H33N3O3. The van der Waals surface area contributed by atoms with Crippen molar-refractivity contribution in [3.05, 3.63) is 113 Å². The maximum absolute atomic E-state index is 13.1. The molecule has 5 rings (SSSR count). The van der Waals surface area contributed by atoms with Crippen LogP contribution in [0.5, 0.6) is 0 Å². The van der Waals surface area contributed by atoms with E-state index in [9.17, 15) is 9.59 Å². The molecular weight excluding hydrogens is 510 g/mol. The number of aromatic nitrogens is 2. The van der Waals surface area contributed by atoms with Crippen molar-refractivity contribution in [3.63, 3.8) is 0 Å². The summed E-state index contributed by atoms with van der Waals surface area (Å²) in [4.78, 5) is 36.0. The maximum Gasteiger partial charge on any atom is 0.338 e. The predicted octanol–water partition coefficient (Wildman–Crippen LogP) is 7.64. The summed E-state index contributed by atoms with van der Waals surface area (Å²) in [7, 11) is 0. The van der Waals surface area contributed by atoms with Crippen molar-refractivity contribution in [1.82, 2.24) is 9.97 Å². The first-order valence-corrected chi connectivity index (χ1v) is 13.8. The molecule has 0 spiro atoms. The van der Waals surface area contributed by atoms with Crippen LogP contribution >= 0.6 is 0 Å². The van der Waals surface area contributed by atoms with Gasteiger partial charge in [-0.2, -0.15) is 0 Å². The smallest absolute Gasteiger partial charge is 0.338 e. The van der Waals surface area contributed by atoms with Gasteiger partial charge in [-0.15, -0.1) is 0 Å². The zero-order chi connectivity index (χ0) is 29.1. The molecule has 1 N–H and O–H groups in total. The molecule has 6 nitrogen and oxygen atoms in total. The standard InChI is InChI=1S/C35H33N3O3/c1-6-25-9-7-8-23(4)31(25)38-34(39)24(5)41-35(40)28-18-19-29-30(20-28)37-33(27-16-12-22(3)13-17-27)32(36-29)26-14-10-21(2)11-15-26/h7-20,24H,6H2,1-5H3,(H,38,39). The Labute approximate surface area is 240 Å². The molecule has 41 heavy (non-hydrogen) atoms. The average Bonchev–Trinajstić information content (AvgIpc) is 2.98. The number of amides is 1. The Hall–Kier alpha value is -4.84. The molecule has 206 valence electrons. The summed E-state index contributed by atoms with van der Waals surface area (Å²) in [5.74, 6) is -0.983. The topological polar surface area (TPSA) is 81.2 Å². The van der Waals surface area contributed by atoms with Crippen LogP contribution in [-0.4, -0.2) is 27.9 Å². The Balaban J connectivity index is 1.44. The van der Waals surface area contributed by atoms with Crippen LogP contribution in [0, 0.1) is 20.8 Å². The van der Waals surface area contributed by atoms with E-state index in [1.165, 1.54) is 0 Å².